The van der Waals surface area contributed by atoms with Gasteiger partial charge in [-0.25, -0.2) is 0 Å². The molecule has 2 aliphatic carbocycles. The van der Waals surface area contributed by atoms with Crippen molar-refractivity contribution in [3.63, 3.8) is 0 Å². The Bertz CT molecular complexity index is 490. The Kier molecular flexibility index (Phi) is 3.76. The molecule has 2 nitrogen and oxygen atoms in total. The van der Waals surface area contributed by atoms with Crippen LogP contribution in [0.4, 0.5) is 0 Å². The zero-order chi connectivity index (χ0) is 14.3. The Morgan fingerprint density at radius 2 is 1.90 bits per heavy atom. The number of phenols is 1. The van der Waals surface area contributed by atoms with Gasteiger partial charge in [0.05, 0.1) is 0 Å². The van der Waals surface area contributed by atoms with Gasteiger partial charge in [-0.05, 0) is 62.1 Å². The molecule has 20 heavy (non-hydrogen) atoms. The van der Waals surface area contributed by atoms with Crippen molar-refractivity contribution >= 4 is 0 Å². The fraction of sp³-hybridized carbons (Fsp3) is 0.667. The number of benzene rings is 1. The Morgan fingerprint density at radius 3 is 2.60 bits per heavy atom. The Balaban J connectivity index is 1.82. The molecular formula is C18H27NO. The van der Waals surface area contributed by atoms with E-state index in [1.807, 2.05) is 12.1 Å². The van der Waals surface area contributed by atoms with Crippen molar-refractivity contribution in [1.29, 1.82) is 0 Å². The molecule has 110 valence electrons. The summed E-state index contributed by atoms with van der Waals surface area (Å²) < 4.78 is 0. The van der Waals surface area contributed by atoms with Crippen LogP contribution >= 0.6 is 0 Å². The van der Waals surface area contributed by atoms with E-state index in [1.54, 1.807) is 0 Å². The number of phenolic OH excluding ortho intramolecular Hbond substituents is 1. The van der Waals surface area contributed by atoms with Crippen molar-refractivity contribution in [3.8, 4) is 5.75 Å². The van der Waals surface area contributed by atoms with Crippen molar-refractivity contribution in [2.75, 3.05) is 0 Å². The monoisotopic (exact) mass is 273 g/mol. The fourth-order valence-electron chi connectivity index (χ4n) is 4.41. The van der Waals surface area contributed by atoms with Crippen LogP contribution in [0, 0.1) is 12.8 Å². The molecule has 3 atom stereocenters. The molecule has 0 saturated heterocycles. The lowest BCUT2D eigenvalue weighted by molar-refractivity contribution is 0.333. The highest BCUT2D eigenvalue weighted by atomic mass is 16.3. The zero-order valence-electron chi connectivity index (χ0n) is 12.9. The van der Waals surface area contributed by atoms with Gasteiger partial charge in [-0.2, -0.15) is 0 Å². The van der Waals surface area contributed by atoms with Gasteiger partial charge in [-0.1, -0.05) is 25.8 Å². The van der Waals surface area contributed by atoms with Crippen LogP contribution in [-0.2, 0) is 0 Å². The summed E-state index contributed by atoms with van der Waals surface area (Å²) in [4.78, 5) is 0. The van der Waals surface area contributed by atoms with E-state index >= 15 is 0 Å². The highest BCUT2D eigenvalue weighted by molar-refractivity contribution is 5.50. The van der Waals surface area contributed by atoms with E-state index in [0.29, 0.717) is 23.8 Å². The molecule has 3 rings (SSSR count). The van der Waals surface area contributed by atoms with Crippen LogP contribution in [0.2, 0.25) is 0 Å². The summed E-state index contributed by atoms with van der Waals surface area (Å²) in [5.41, 5.74) is 3.87. The molecule has 2 aliphatic rings. The second kappa shape index (κ2) is 5.40. The van der Waals surface area contributed by atoms with Crippen molar-refractivity contribution in [3.05, 3.63) is 28.8 Å². The molecule has 1 saturated carbocycles. The van der Waals surface area contributed by atoms with Gasteiger partial charge < -0.3 is 10.4 Å². The molecule has 1 aromatic rings. The van der Waals surface area contributed by atoms with Crippen LogP contribution in [0.1, 0.15) is 74.6 Å². The van der Waals surface area contributed by atoms with E-state index in [4.69, 9.17) is 0 Å². The first kappa shape index (κ1) is 13.9. The molecule has 2 N–H and O–H groups in total. The number of hydrogen-bond donors (Lipinski definition) is 2. The number of aryl methyl sites for hydroxylation is 1. The normalized spacial score (nSPS) is 27.8. The fourth-order valence-corrected chi connectivity index (χ4v) is 4.41. The molecule has 0 bridgehead atoms. The van der Waals surface area contributed by atoms with E-state index in [0.717, 1.165) is 12.3 Å². The molecule has 2 heteroatoms. The maximum atomic E-state index is 10.3. The third-order valence-electron chi connectivity index (χ3n) is 5.48. The average Bonchev–Trinajstić information content (AvgIpc) is 3.03. The van der Waals surface area contributed by atoms with Gasteiger partial charge >= 0.3 is 0 Å². The van der Waals surface area contributed by atoms with Gasteiger partial charge in [0.2, 0.25) is 0 Å². The molecule has 0 radical (unpaired) electrons. The van der Waals surface area contributed by atoms with Gasteiger partial charge in [0, 0.05) is 17.6 Å². The smallest absolute Gasteiger partial charge is 0.120 e. The lowest BCUT2D eigenvalue weighted by Crippen LogP contribution is -2.34. The first-order valence-electron chi connectivity index (χ1n) is 8.16. The van der Waals surface area contributed by atoms with Crippen LogP contribution in [-0.4, -0.2) is 11.1 Å². The van der Waals surface area contributed by atoms with Crippen LogP contribution in [0.15, 0.2) is 12.1 Å². The van der Waals surface area contributed by atoms with Crippen LogP contribution in [0.3, 0.4) is 0 Å². The van der Waals surface area contributed by atoms with Gasteiger partial charge in [-0.3, -0.25) is 0 Å². The van der Waals surface area contributed by atoms with E-state index in [9.17, 15) is 5.11 Å². The third-order valence-corrected chi connectivity index (χ3v) is 5.48. The summed E-state index contributed by atoms with van der Waals surface area (Å²) in [7, 11) is 0. The molecule has 0 aromatic heterocycles. The van der Waals surface area contributed by atoms with Crippen molar-refractivity contribution < 1.29 is 5.11 Å². The third kappa shape index (κ3) is 2.35. The number of aromatic hydroxyl groups is 1. The summed E-state index contributed by atoms with van der Waals surface area (Å²) in [5, 5.41) is 14.1. The summed E-state index contributed by atoms with van der Waals surface area (Å²) in [6, 6.07) is 4.80. The van der Waals surface area contributed by atoms with Crippen molar-refractivity contribution in [1.82, 2.24) is 5.32 Å². The van der Waals surface area contributed by atoms with E-state index in [-0.39, 0.29) is 0 Å². The minimum atomic E-state index is 0.329. The first-order chi connectivity index (χ1) is 9.58. The molecule has 0 spiro atoms. The molecule has 1 aromatic carbocycles. The zero-order valence-corrected chi connectivity index (χ0v) is 12.9. The minimum absolute atomic E-state index is 0.329. The summed E-state index contributed by atoms with van der Waals surface area (Å²) >= 11 is 0. The highest BCUT2D eigenvalue weighted by Gasteiger charge is 2.34. The van der Waals surface area contributed by atoms with Gasteiger partial charge in [0.1, 0.15) is 5.75 Å². The largest absolute Gasteiger partial charge is 0.508 e. The average molecular weight is 273 g/mol. The Labute approximate surface area is 122 Å². The van der Waals surface area contributed by atoms with E-state index < -0.39 is 0 Å². The van der Waals surface area contributed by atoms with Crippen LogP contribution in [0.25, 0.3) is 0 Å². The predicted molar refractivity (Wildman–Crippen MR) is 83.2 cm³/mol. The molecular weight excluding hydrogens is 246 g/mol. The minimum Gasteiger partial charge on any atom is -0.508 e. The lowest BCUT2D eigenvalue weighted by Gasteiger charge is -2.25. The first-order valence-corrected chi connectivity index (χ1v) is 8.16. The maximum Gasteiger partial charge on any atom is 0.120 e. The standard InChI is InChI=1S/C18H27NO/c1-11-8-9-16(20)18-15(10-12(2)17(11)18)19-13(3)14-6-4-5-7-14/h8-9,12-15,19-20H,4-7,10H2,1-3H3/t12?,13-,15?/m0/s1. The summed E-state index contributed by atoms with van der Waals surface area (Å²) in [6.07, 6.45) is 6.62. The number of rotatable bonds is 3. The molecule has 2 unspecified atom stereocenters. The number of fused-ring (bicyclic) bond motifs is 1. The van der Waals surface area contributed by atoms with Crippen molar-refractivity contribution in [2.24, 2.45) is 5.92 Å². The summed E-state index contributed by atoms with van der Waals surface area (Å²) in [5.74, 6) is 1.85. The quantitative estimate of drug-likeness (QED) is 0.854. The van der Waals surface area contributed by atoms with Gasteiger partial charge in [0.15, 0.2) is 0 Å². The molecule has 0 amide bonds. The summed E-state index contributed by atoms with van der Waals surface area (Å²) in [6.45, 7) is 6.77. The number of nitrogens with one attached hydrogen (secondary N) is 1. The topological polar surface area (TPSA) is 32.3 Å². The van der Waals surface area contributed by atoms with E-state index in [1.165, 1.54) is 42.4 Å². The Morgan fingerprint density at radius 1 is 1.20 bits per heavy atom. The molecule has 0 aliphatic heterocycles. The second-order valence-corrected chi connectivity index (χ2v) is 6.92. The van der Waals surface area contributed by atoms with Crippen LogP contribution in [0.5, 0.6) is 5.75 Å². The van der Waals surface area contributed by atoms with Gasteiger partial charge in [0.25, 0.3) is 0 Å². The highest BCUT2D eigenvalue weighted by Crippen LogP contribution is 2.46. The molecule has 0 heterocycles. The number of hydrogen-bond acceptors (Lipinski definition) is 2. The Hall–Kier alpha value is -1.02. The SMILES string of the molecule is Cc1ccc(O)c2c1C(C)CC2N[C@@H](C)C1CCCC1. The van der Waals surface area contributed by atoms with E-state index in [2.05, 4.69) is 26.1 Å². The lowest BCUT2D eigenvalue weighted by atomic mass is 9.96. The predicted octanol–water partition coefficient (Wildman–Crippen LogP) is 4.42. The molecule has 1 fully saturated rings. The maximum absolute atomic E-state index is 10.3. The van der Waals surface area contributed by atoms with Crippen LogP contribution < -0.4 is 5.32 Å². The van der Waals surface area contributed by atoms with Crippen molar-refractivity contribution in [2.45, 2.75) is 70.9 Å². The second-order valence-electron chi connectivity index (χ2n) is 6.92. The van der Waals surface area contributed by atoms with Gasteiger partial charge in [-0.15, -0.1) is 0 Å².